The predicted molar refractivity (Wildman–Crippen MR) is 55.1 cm³/mol. The van der Waals surface area contributed by atoms with E-state index in [1.54, 1.807) is 14.2 Å². The molecule has 1 aliphatic rings. The Kier molecular flexibility index (Phi) is 2.88. The maximum Gasteiger partial charge on any atom is 0.233 e. The van der Waals surface area contributed by atoms with Crippen LogP contribution in [0, 0.1) is 0 Å². The first-order valence-corrected chi connectivity index (χ1v) is 5.42. The van der Waals surface area contributed by atoms with Crippen LogP contribution in [-0.4, -0.2) is 24.6 Å². The molecule has 2 rings (SSSR count). The van der Waals surface area contributed by atoms with E-state index in [1.165, 1.54) is 24.4 Å². The molecule has 0 unspecified atom stereocenters. The van der Waals surface area contributed by atoms with Gasteiger partial charge in [-0.25, -0.2) is 0 Å². The highest BCUT2D eigenvalue weighted by molar-refractivity contribution is 7.08. The van der Waals surface area contributed by atoms with E-state index in [9.17, 15) is 0 Å². The highest BCUT2D eigenvalue weighted by Gasteiger charge is 2.23. The van der Waals surface area contributed by atoms with Crippen LogP contribution in [0.25, 0.3) is 0 Å². The van der Waals surface area contributed by atoms with Crippen molar-refractivity contribution in [2.45, 2.75) is 25.4 Å². The molecule has 0 amide bonds. The van der Waals surface area contributed by atoms with Crippen molar-refractivity contribution < 1.29 is 9.47 Å². The molecule has 0 spiro atoms. The van der Waals surface area contributed by atoms with E-state index in [1.807, 2.05) is 0 Å². The Morgan fingerprint density at radius 3 is 2.79 bits per heavy atom. The first-order chi connectivity index (χ1) is 6.85. The Labute approximate surface area is 87.4 Å². The second-order valence-corrected chi connectivity index (χ2v) is 4.05. The van der Waals surface area contributed by atoms with Gasteiger partial charge in [-0.15, -0.1) is 0 Å². The van der Waals surface area contributed by atoms with Gasteiger partial charge in [-0.05, 0) is 12.8 Å². The van der Waals surface area contributed by atoms with Gasteiger partial charge in [-0.1, -0.05) is 0 Å². The summed E-state index contributed by atoms with van der Waals surface area (Å²) in [5, 5.41) is 4.26. The molecule has 0 atom stereocenters. The van der Waals surface area contributed by atoms with Crippen molar-refractivity contribution >= 4 is 11.5 Å². The standard InChI is InChI=1S/C9H14N2O2S/c1-12-8-7(5-10-6-3-4-6)9(13-2)14-11-8/h6,10H,3-5H2,1-2H3. The summed E-state index contributed by atoms with van der Waals surface area (Å²) in [7, 11) is 3.29. The number of methoxy groups -OCH3 is 2. The number of hydrogen-bond donors (Lipinski definition) is 1. The van der Waals surface area contributed by atoms with E-state index < -0.39 is 0 Å². The summed E-state index contributed by atoms with van der Waals surface area (Å²) in [6.45, 7) is 0.785. The van der Waals surface area contributed by atoms with E-state index in [0.29, 0.717) is 11.9 Å². The van der Waals surface area contributed by atoms with Gasteiger partial charge in [0, 0.05) is 24.1 Å². The molecule has 0 aromatic carbocycles. The molecule has 1 fully saturated rings. The monoisotopic (exact) mass is 214 g/mol. The van der Waals surface area contributed by atoms with Crippen LogP contribution < -0.4 is 14.8 Å². The summed E-state index contributed by atoms with van der Waals surface area (Å²) in [6.07, 6.45) is 2.56. The summed E-state index contributed by atoms with van der Waals surface area (Å²) >= 11 is 1.34. The topological polar surface area (TPSA) is 43.4 Å². The van der Waals surface area contributed by atoms with Crippen molar-refractivity contribution in [1.29, 1.82) is 0 Å². The molecule has 0 saturated heterocycles. The van der Waals surface area contributed by atoms with Crippen molar-refractivity contribution in [3.8, 4) is 10.9 Å². The fourth-order valence-electron chi connectivity index (χ4n) is 1.28. The van der Waals surface area contributed by atoms with Crippen molar-refractivity contribution in [1.82, 2.24) is 9.69 Å². The molecular formula is C9H14N2O2S. The van der Waals surface area contributed by atoms with Gasteiger partial charge in [0.1, 0.15) is 0 Å². The van der Waals surface area contributed by atoms with Crippen LogP contribution in [-0.2, 0) is 6.54 Å². The Balaban J connectivity index is 2.05. The molecule has 1 aromatic rings. The van der Waals surface area contributed by atoms with Gasteiger partial charge in [0.05, 0.1) is 19.8 Å². The number of ether oxygens (including phenoxy) is 2. The molecule has 1 saturated carbocycles. The summed E-state index contributed by atoms with van der Waals surface area (Å²) < 4.78 is 14.5. The normalized spacial score (nSPS) is 15.6. The highest BCUT2D eigenvalue weighted by atomic mass is 32.1. The van der Waals surface area contributed by atoms with Crippen LogP contribution in [0.15, 0.2) is 0 Å². The number of rotatable bonds is 5. The fraction of sp³-hybridized carbons (Fsp3) is 0.667. The van der Waals surface area contributed by atoms with Crippen LogP contribution in [0.1, 0.15) is 18.4 Å². The molecule has 5 heteroatoms. The summed E-state index contributed by atoms with van der Waals surface area (Å²) in [6, 6.07) is 0.685. The van der Waals surface area contributed by atoms with E-state index in [2.05, 4.69) is 9.69 Å². The van der Waals surface area contributed by atoms with Gasteiger partial charge >= 0.3 is 0 Å². The highest BCUT2D eigenvalue weighted by Crippen LogP contribution is 2.32. The van der Waals surface area contributed by atoms with Crippen molar-refractivity contribution in [2.24, 2.45) is 0 Å². The minimum atomic E-state index is 0.681. The van der Waals surface area contributed by atoms with Gasteiger partial charge in [0.2, 0.25) is 10.9 Å². The number of nitrogens with zero attached hydrogens (tertiary/aromatic N) is 1. The van der Waals surface area contributed by atoms with Crippen LogP contribution in [0.5, 0.6) is 10.9 Å². The predicted octanol–water partition coefficient (Wildman–Crippen LogP) is 1.41. The van der Waals surface area contributed by atoms with Crippen molar-refractivity contribution in [3.05, 3.63) is 5.56 Å². The second-order valence-electron chi connectivity index (χ2n) is 3.32. The quantitative estimate of drug-likeness (QED) is 0.805. The first kappa shape index (κ1) is 9.73. The maximum atomic E-state index is 5.22. The second kappa shape index (κ2) is 4.14. The lowest BCUT2D eigenvalue weighted by Gasteiger charge is -2.04. The van der Waals surface area contributed by atoms with E-state index in [0.717, 1.165) is 17.2 Å². The van der Waals surface area contributed by atoms with Gasteiger partial charge < -0.3 is 14.8 Å². The number of hydrogen-bond acceptors (Lipinski definition) is 5. The molecule has 0 bridgehead atoms. The van der Waals surface area contributed by atoms with Crippen LogP contribution in [0.3, 0.4) is 0 Å². The lowest BCUT2D eigenvalue weighted by Crippen LogP contribution is -2.15. The third kappa shape index (κ3) is 1.99. The van der Waals surface area contributed by atoms with Crippen LogP contribution in [0.4, 0.5) is 0 Å². The molecular weight excluding hydrogens is 200 g/mol. The summed E-state index contributed by atoms with van der Waals surface area (Å²) in [5.41, 5.74) is 1.03. The average molecular weight is 214 g/mol. The minimum Gasteiger partial charge on any atom is -0.486 e. The Morgan fingerprint density at radius 1 is 1.43 bits per heavy atom. The van der Waals surface area contributed by atoms with Gasteiger partial charge in [-0.2, -0.15) is 4.37 Å². The molecule has 4 nitrogen and oxygen atoms in total. The molecule has 0 radical (unpaired) electrons. The molecule has 1 N–H and O–H groups in total. The number of aromatic nitrogens is 1. The van der Waals surface area contributed by atoms with Gasteiger partial charge in [-0.3, -0.25) is 0 Å². The first-order valence-electron chi connectivity index (χ1n) is 4.65. The van der Waals surface area contributed by atoms with E-state index >= 15 is 0 Å². The third-order valence-electron chi connectivity index (χ3n) is 2.24. The largest absolute Gasteiger partial charge is 0.486 e. The zero-order chi connectivity index (χ0) is 9.97. The Hall–Kier alpha value is -0.810. The Morgan fingerprint density at radius 2 is 2.21 bits per heavy atom. The lowest BCUT2D eigenvalue weighted by molar-refractivity contribution is 0.385. The van der Waals surface area contributed by atoms with Crippen LogP contribution in [0.2, 0.25) is 0 Å². The zero-order valence-corrected chi connectivity index (χ0v) is 9.19. The van der Waals surface area contributed by atoms with Crippen molar-refractivity contribution in [2.75, 3.05) is 14.2 Å². The van der Waals surface area contributed by atoms with Gasteiger partial charge in [0.15, 0.2) is 0 Å². The number of nitrogens with one attached hydrogen (secondary N) is 1. The minimum absolute atomic E-state index is 0.681. The molecule has 14 heavy (non-hydrogen) atoms. The fourth-order valence-corrected chi connectivity index (χ4v) is 1.98. The maximum absolute atomic E-state index is 5.22. The molecule has 1 aromatic heterocycles. The van der Waals surface area contributed by atoms with Crippen molar-refractivity contribution in [3.63, 3.8) is 0 Å². The zero-order valence-electron chi connectivity index (χ0n) is 8.37. The molecule has 0 aliphatic heterocycles. The van der Waals surface area contributed by atoms with E-state index in [-0.39, 0.29) is 0 Å². The average Bonchev–Trinajstić information content (AvgIpc) is 2.95. The SMILES string of the molecule is COc1nsc(OC)c1CNC1CC1. The van der Waals surface area contributed by atoms with E-state index in [4.69, 9.17) is 9.47 Å². The van der Waals surface area contributed by atoms with Crippen LogP contribution >= 0.6 is 11.5 Å². The smallest absolute Gasteiger partial charge is 0.233 e. The summed E-state index contributed by atoms with van der Waals surface area (Å²) in [4.78, 5) is 0. The van der Waals surface area contributed by atoms with Gasteiger partial charge in [0.25, 0.3) is 0 Å². The third-order valence-corrected chi connectivity index (χ3v) is 3.08. The lowest BCUT2D eigenvalue weighted by atomic mass is 10.3. The Bertz CT molecular complexity index is 288. The summed E-state index contributed by atoms with van der Waals surface area (Å²) in [5.74, 6) is 0.681. The molecule has 1 aliphatic carbocycles. The molecule has 78 valence electrons. The molecule has 1 heterocycles.